The van der Waals surface area contributed by atoms with Crippen LogP contribution in [0.3, 0.4) is 0 Å². The number of thiophene rings is 1. The van der Waals surface area contributed by atoms with Gasteiger partial charge in [0, 0.05) is 17.5 Å². The summed E-state index contributed by atoms with van der Waals surface area (Å²) < 4.78 is 27.9. The molecule has 1 heterocycles. The van der Waals surface area contributed by atoms with Gasteiger partial charge < -0.3 is 5.32 Å². The van der Waals surface area contributed by atoms with E-state index in [0.29, 0.717) is 17.4 Å². The lowest BCUT2D eigenvalue weighted by atomic mass is 9.81. The van der Waals surface area contributed by atoms with Gasteiger partial charge in [0.15, 0.2) is 0 Å². The van der Waals surface area contributed by atoms with Gasteiger partial charge in [-0.15, -0.1) is 11.3 Å². The first-order valence-electron chi connectivity index (χ1n) is 6.69. The molecule has 1 aromatic rings. The number of nitrogens with one attached hydrogen (secondary N) is 2. The van der Waals surface area contributed by atoms with Crippen LogP contribution in [0.4, 0.5) is 0 Å². The molecule has 1 saturated carbocycles. The van der Waals surface area contributed by atoms with Gasteiger partial charge in [0.25, 0.3) is 0 Å². The van der Waals surface area contributed by atoms with Gasteiger partial charge in [0.05, 0.1) is 0 Å². The van der Waals surface area contributed by atoms with Gasteiger partial charge >= 0.3 is 0 Å². The third kappa shape index (κ3) is 3.18. The highest BCUT2D eigenvalue weighted by atomic mass is 32.2. The van der Waals surface area contributed by atoms with Gasteiger partial charge in [-0.1, -0.05) is 6.42 Å². The standard InChI is InChI=1S/C13H22N2O2S2/c1-9-8-18-12(7-14-3)13(9)19(16,17)15-10(2)11-5-4-6-11/h8,10-11,14-15H,4-7H2,1-3H3. The van der Waals surface area contributed by atoms with Crippen molar-refractivity contribution in [1.82, 2.24) is 10.0 Å². The van der Waals surface area contributed by atoms with Crippen molar-refractivity contribution in [2.75, 3.05) is 7.05 Å². The molecular weight excluding hydrogens is 280 g/mol. The SMILES string of the molecule is CNCc1scc(C)c1S(=O)(=O)NC(C)C1CCC1. The molecule has 0 radical (unpaired) electrons. The molecule has 2 N–H and O–H groups in total. The van der Waals surface area contributed by atoms with Gasteiger partial charge in [0.2, 0.25) is 10.0 Å². The maximum Gasteiger partial charge on any atom is 0.242 e. The van der Waals surface area contributed by atoms with Gasteiger partial charge in [-0.05, 0) is 50.6 Å². The first-order valence-corrected chi connectivity index (χ1v) is 9.06. The molecule has 1 aromatic heterocycles. The van der Waals surface area contributed by atoms with E-state index in [1.165, 1.54) is 17.8 Å². The Kier molecular flexibility index (Phi) is 4.66. The highest BCUT2D eigenvalue weighted by molar-refractivity contribution is 7.89. The third-order valence-corrected chi connectivity index (χ3v) is 6.81. The fraction of sp³-hybridized carbons (Fsp3) is 0.692. The van der Waals surface area contributed by atoms with Crippen LogP contribution in [0.1, 0.15) is 36.6 Å². The molecule has 1 unspecified atom stereocenters. The van der Waals surface area contributed by atoms with Crippen LogP contribution in [0.25, 0.3) is 0 Å². The Balaban J connectivity index is 2.20. The van der Waals surface area contributed by atoms with Crippen molar-refractivity contribution in [3.63, 3.8) is 0 Å². The van der Waals surface area contributed by atoms with E-state index in [1.54, 1.807) is 0 Å². The van der Waals surface area contributed by atoms with Crippen LogP contribution >= 0.6 is 11.3 Å². The van der Waals surface area contributed by atoms with Crippen LogP contribution in [0.2, 0.25) is 0 Å². The second-order valence-corrected chi connectivity index (χ2v) is 7.92. The number of hydrogen-bond donors (Lipinski definition) is 2. The molecule has 0 spiro atoms. The Morgan fingerprint density at radius 1 is 1.47 bits per heavy atom. The lowest BCUT2D eigenvalue weighted by Gasteiger charge is -2.31. The zero-order valence-corrected chi connectivity index (χ0v) is 13.3. The highest BCUT2D eigenvalue weighted by Gasteiger charge is 2.30. The van der Waals surface area contributed by atoms with Gasteiger partial charge in [-0.2, -0.15) is 0 Å². The summed E-state index contributed by atoms with van der Waals surface area (Å²) in [5.74, 6) is 0.501. The van der Waals surface area contributed by atoms with Crippen molar-refractivity contribution < 1.29 is 8.42 Å². The zero-order valence-electron chi connectivity index (χ0n) is 11.7. The van der Waals surface area contributed by atoms with E-state index in [0.717, 1.165) is 23.3 Å². The van der Waals surface area contributed by atoms with Gasteiger partial charge in [0.1, 0.15) is 4.90 Å². The normalized spacial score (nSPS) is 18.3. The number of sulfonamides is 1. The molecule has 108 valence electrons. The first kappa shape index (κ1) is 15.0. The first-order chi connectivity index (χ1) is 8.95. The molecular formula is C13H22N2O2S2. The molecule has 2 rings (SSSR count). The molecule has 1 fully saturated rings. The Morgan fingerprint density at radius 3 is 2.68 bits per heavy atom. The van der Waals surface area contributed by atoms with Crippen molar-refractivity contribution in [1.29, 1.82) is 0 Å². The molecule has 1 atom stereocenters. The molecule has 1 aliphatic carbocycles. The smallest absolute Gasteiger partial charge is 0.242 e. The van der Waals surface area contributed by atoms with Crippen LogP contribution in [0, 0.1) is 12.8 Å². The van der Waals surface area contributed by atoms with Gasteiger partial charge in [-0.25, -0.2) is 13.1 Å². The molecule has 0 saturated heterocycles. The summed E-state index contributed by atoms with van der Waals surface area (Å²) in [5, 5.41) is 4.94. The van der Waals surface area contributed by atoms with Crippen molar-refractivity contribution in [3.8, 4) is 0 Å². The van der Waals surface area contributed by atoms with Crippen molar-refractivity contribution >= 4 is 21.4 Å². The fourth-order valence-electron chi connectivity index (χ4n) is 2.47. The summed E-state index contributed by atoms with van der Waals surface area (Å²) in [6.45, 7) is 4.42. The maximum absolute atomic E-state index is 12.5. The second-order valence-electron chi connectivity index (χ2n) is 5.30. The Hall–Kier alpha value is -0.430. The summed E-state index contributed by atoms with van der Waals surface area (Å²) >= 11 is 1.50. The molecule has 19 heavy (non-hydrogen) atoms. The Labute approximate surface area is 119 Å². The topological polar surface area (TPSA) is 58.2 Å². The molecule has 0 amide bonds. The van der Waals surface area contributed by atoms with E-state index in [4.69, 9.17) is 0 Å². The molecule has 1 aliphatic rings. The van der Waals surface area contributed by atoms with Gasteiger partial charge in [-0.3, -0.25) is 0 Å². The molecule has 0 aromatic carbocycles. The lowest BCUT2D eigenvalue weighted by Crippen LogP contribution is -2.41. The predicted molar refractivity (Wildman–Crippen MR) is 78.9 cm³/mol. The average molecular weight is 302 g/mol. The fourth-order valence-corrected chi connectivity index (χ4v) is 5.61. The summed E-state index contributed by atoms with van der Waals surface area (Å²) in [4.78, 5) is 1.35. The molecule has 0 bridgehead atoms. The van der Waals surface area contributed by atoms with Crippen molar-refractivity contribution in [2.24, 2.45) is 5.92 Å². The summed E-state index contributed by atoms with van der Waals surface area (Å²) in [5.41, 5.74) is 0.837. The quantitative estimate of drug-likeness (QED) is 0.847. The largest absolute Gasteiger partial charge is 0.315 e. The summed E-state index contributed by atoms with van der Waals surface area (Å²) in [6, 6.07) is 0.0282. The lowest BCUT2D eigenvalue weighted by molar-refractivity contribution is 0.260. The van der Waals surface area contributed by atoms with Crippen LogP contribution in [-0.4, -0.2) is 21.5 Å². The zero-order chi connectivity index (χ0) is 14.0. The minimum absolute atomic E-state index is 0.0282. The number of hydrogen-bond acceptors (Lipinski definition) is 4. The van der Waals surface area contributed by atoms with E-state index in [1.807, 2.05) is 26.3 Å². The van der Waals surface area contributed by atoms with Crippen molar-refractivity contribution in [3.05, 3.63) is 15.8 Å². The monoisotopic (exact) mass is 302 g/mol. The Bertz CT molecular complexity index is 533. The number of rotatable bonds is 6. The molecule has 4 nitrogen and oxygen atoms in total. The second kappa shape index (κ2) is 5.91. The van der Waals surface area contributed by atoms with E-state index < -0.39 is 10.0 Å². The van der Waals surface area contributed by atoms with Crippen LogP contribution in [0.15, 0.2) is 10.3 Å². The minimum atomic E-state index is -3.40. The minimum Gasteiger partial charge on any atom is -0.315 e. The maximum atomic E-state index is 12.5. The summed E-state index contributed by atoms with van der Waals surface area (Å²) in [6.07, 6.45) is 3.49. The molecule has 6 heteroatoms. The predicted octanol–water partition coefficient (Wildman–Crippen LogP) is 2.24. The summed E-state index contributed by atoms with van der Waals surface area (Å²) in [7, 11) is -1.57. The number of aryl methyl sites for hydroxylation is 1. The third-order valence-electron chi connectivity index (χ3n) is 3.79. The molecule has 0 aliphatic heterocycles. The average Bonchev–Trinajstić information content (AvgIpc) is 2.57. The van der Waals surface area contributed by atoms with E-state index >= 15 is 0 Å². The van der Waals surface area contributed by atoms with Crippen LogP contribution in [-0.2, 0) is 16.6 Å². The van der Waals surface area contributed by atoms with E-state index in [-0.39, 0.29) is 6.04 Å². The van der Waals surface area contributed by atoms with E-state index in [2.05, 4.69) is 10.0 Å². The van der Waals surface area contributed by atoms with Crippen LogP contribution < -0.4 is 10.0 Å². The van der Waals surface area contributed by atoms with E-state index in [9.17, 15) is 8.42 Å². The highest BCUT2D eigenvalue weighted by Crippen LogP contribution is 2.31. The Morgan fingerprint density at radius 2 is 2.16 bits per heavy atom. The van der Waals surface area contributed by atoms with Crippen molar-refractivity contribution in [2.45, 2.75) is 50.6 Å². The van der Waals surface area contributed by atoms with Crippen LogP contribution in [0.5, 0.6) is 0 Å².